The molecule has 0 aliphatic carbocycles. The number of allylic oxidation sites excluding steroid dienone is 1. The lowest BCUT2D eigenvalue weighted by Crippen LogP contribution is -2.27. The number of hydrogen-bond donors (Lipinski definition) is 2. The summed E-state index contributed by atoms with van der Waals surface area (Å²) in [5.74, 6) is 0. The molecule has 4 nitrogen and oxygen atoms in total. The highest BCUT2D eigenvalue weighted by Gasteiger charge is 2.12. The van der Waals surface area contributed by atoms with Crippen LogP contribution in [0.2, 0.25) is 0 Å². The molecule has 0 heterocycles. The van der Waals surface area contributed by atoms with Crippen molar-refractivity contribution in [1.29, 1.82) is 0 Å². The first-order chi connectivity index (χ1) is 10.7. The van der Waals surface area contributed by atoms with Crippen LogP contribution in [0.4, 0.5) is 10.1 Å². The molecule has 1 atom stereocenters. The van der Waals surface area contributed by atoms with Crippen LogP contribution < -0.4 is 10.6 Å². The van der Waals surface area contributed by atoms with Crippen molar-refractivity contribution in [2.45, 2.75) is 20.1 Å². The number of hydrogen-bond acceptors (Lipinski definition) is 4. The highest BCUT2D eigenvalue weighted by Crippen LogP contribution is 2.29. The fourth-order valence-electron chi connectivity index (χ4n) is 2.39. The SMILES string of the molecule is C=C(/C(=C\N(C)CN(C)C)NC)c1cc(C)ccc1NC(C)F. The zero-order chi connectivity index (χ0) is 17.6. The van der Waals surface area contributed by atoms with Gasteiger partial charge in [0, 0.05) is 37.1 Å². The molecule has 0 radical (unpaired) electrons. The van der Waals surface area contributed by atoms with E-state index < -0.39 is 6.30 Å². The number of halogens is 1. The standard InChI is InChI=1S/C18H29FN4/c1-13-8-9-17(21-15(3)19)16(10-13)14(2)18(20-4)11-23(7)12-22(5)6/h8-11,15,20-21H,2,12H2,1,3-7H3/b18-11+. The van der Waals surface area contributed by atoms with E-state index in [4.69, 9.17) is 0 Å². The smallest absolute Gasteiger partial charge is 0.167 e. The lowest BCUT2D eigenvalue weighted by atomic mass is 10.00. The Morgan fingerprint density at radius 3 is 2.52 bits per heavy atom. The molecule has 2 N–H and O–H groups in total. The van der Waals surface area contributed by atoms with Gasteiger partial charge >= 0.3 is 0 Å². The first-order valence-electron chi connectivity index (χ1n) is 7.70. The van der Waals surface area contributed by atoms with Crippen LogP contribution in [-0.4, -0.2) is 51.0 Å². The first kappa shape index (κ1) is 19.0. The van der Waals surface area contributed by atoms with Crippen LogP contribution in [0, 0.1) is 6.92 Å². The van der Waals surface area contributed by atoms with Gasteiger partial charge in [0.15, 0.2) is 6.30 Å². The van der Waals surface area contributed by atoms with E-state index in [0.29, 0.717) is 0 Å². The van der Waals surface area contributed by atoms with Gasteiger partial charge in [-0.3, -0.25) is 4.90 Å². The molecule has 1 aromatic carbocycles. The molecule has 1 unspecified atom stereocenters. The van der Waals surface area contributed by atoms with Crippen molar-refractivity contribution in [1.82, 2.24) is 15.1 Å². The lowest BCUT2D eigenvalue weighted by molar-refractivity contribution is 0.266. The summed E-state index contributed by atoms with van der Waals surface area (Å²) >= 11 is 0. The van der Waals surface area contributed by atoms with Gasteiger partial charge in [-0.2, -0.15) is 0 Å². The maximum atomic E-state index is 13.4. The second-order valence-corrected chi connectivity index (χ2v) is 6.06. The van der Waals surface area contributed by atoms with Crippen molar-refractivity contribution < 1.29 is 4.39 Å². The van der Waals surface area contributed by atoms with Crippen molar-refractivity contribution in [2.24, 2.45) is 0 Å². The highest BCUT2D eigenvalue weighted by molar-refractivity contribution is 5.84. The Balaban J connectivity index is 3.14. The highest BCUT2D eigenvalue weighted by atomic mass is 19.1. The average Bonchev–Trinajstić information content (AvgIpc) is 2.44. The van der Waals surface area contributed by atoms with E-state index in [1.807, 2.05) is 59.5 Å². The minimum atomic E-state index is -1.12. The van der Waals surface area contributed by atoms with Gasteiger partial charge < -0.3 is 15.5 Å². The summed E-state index contributed by atoms with van der Waals surface area (Å²) in [4.78, 5) is 4.15. The Labute approximate surface area is 139 Å². The second kappa shape index (κ2) is 8.58. The molecule has 0 aliphatic heterocycles. The molecule has 0 bridgehead atoms. The molecule has 0 amide bonds. The average molecular weight is 320 g/mol. The number of nitrogens with zero attached hydrogens (tertiary/aromatic N) is 2. The molecule has 0 aliphatic rings. The van der Waals surface area contributed by atoms with Crippen molar-refractivity contribution in [3.63, 3.8) is 0 Å². The third kappa shape index (κ3) is 5.94. The Kier molecular flexibility index (Phi) is 7.10. The van der Waals surface area contributed by atoms with E-state index in [0.717, 1.165) is 34.8 Å². The fourth-order valence-corrected chi connectivity index (χ4v) is 2.39. The Morgan fingerprint density at radius 2 is 2.00 bits per heavy atom. The van der Waals surface area contributed by atoms with Crippen LogP contribution in [0.15, 0.2) is 36.7 Å². The van der Waals surface area contributed by atoms with Crippen LogP contribution in [0.3, 0.4) is 0 Å². The van der Waals surface area contributed by atoms with Crippen molar-refractivity contribution in [3.05, 3.63) is 47.8 Å². The number of benzene rings is 1. The predicted octanol–water partition coefficient (Wildman–Crippen LogP) is 3.25. The number of anilines is 1. The first-order valence-corrected chi connectivity index (χ1v) is 7.70. The van der Waals surface area contributed by atoms with Gasteiger partial charge in [0.05, 0.1) is 12.4 Å². The monoisotopic (exact) mass is 320 g/mol. The molecular formula is C18H29FN4. The maximum absolute atomic E-state index is 13.4. The minimum absolute atomic E-state index is 0.743. The van der Waals surface area contributed by atoms with Gasteiger partial charge in [0.2, 0.25) is 0 Å². The molecule has 0 saturated heterocycles. The molecule has 23 heavy (non-hydrogen) atoms. The van der Waals surface area contributed by atoms with E-state index in [1.165, 1.54) is 6.92 Å². The van der Waals surface area contributed by atoms with Gasteiger partial charge in [-0.1, -0.05) is 18.2 Å². The molecule has 1 aromatic rings. The minimum Gasteiger partial charge on any atom is -0.386 e. The summed E-state index contributed by atoms with van der Waals surface area (Å²) in [5, 5.41) is 6.03. The normalized spacial score (nSPS) is 13.0. The van der Waals surface area contributed by atoms with Crippen LogP contribution in [0.1, 0.15) is 18.1 Å². The topological polar surface area (TPSA) is 30.5 Å². The lowest BCUT2D eigenvalue weighted by Gasteiger charge is -2.23. The Hall–Kier alpha value is -2.01. The third-order valence-electron chi connectivity index (χ3n) is 3.30. The molecule has 128 valence electrons. The van der Waals surface area contributed by atoms with Gasteiger partial charge in [-0.25, -0.2) is 4.39 Å². The second-order valence-electron chi connectivity index (χ2n) is 6.06. The molecule has 1 rings (SSSR count). The van der Waals surface area contributed by atoms with Gasteiger partial charge in [-0.05, 0) is 40.1 Å². The molecule has 5 heteroatoms. The van der Waals surface area contributed by atoms with Crippen molar-refractivity contribution >= 4 is 11.3 Å². The summed E-state index contributed by atoms with van der Waals surface area (Å²) in [7, 11) is 7.90. The summed E-state index contributed by atoms with van der Waals surface area (Å²) in [6, 6.07) is 5.87. The van der Waals surface area contributed by atoms with Gasteiger partial charge in [0.25, 0.3) is 0 Å². The van der Waals surface area contributed by atoms with Crippen molar-refractivity contribution in [3.8, 4) is 0 Å². The number of likely N-dealkylation sites (N-methyl/N-ethyl adjacent to an activating group) is 1. The van der Waals surface area contributed by atoms with Gasteiger partial charge in [-0.15, -0.1) is 0 Å². The largest absolute Gasteiger partial charge is 0.386 e. The Bertz CT molecular complexity index is 564. The molecular weight excluding hydrogens is 291 g/mol. The van der Waals surface area contributed by atoms with E-state index in [1.54, 1.807) is 0 Å². The Morgan fingerprint density at radius 1 is 1.35 bits per heavy atom. The third-order valence-corrected chi connectivity index (χ3v) is 3.30. The van der Waals surface area contributed by atoms with E-state index in [-0.39, 0.29) is 0 Å². The van der Waals surface area contributed by atoms with Crippen LogP contribution >= 0.6 is 0 Å². The van der Waals surface area contributed by atoms with E-state index >= 15 is 0 Å². The number of alkyl halides is 1. The summed E-state index contributed by atoms with van der Waals surface area (Å²) in [6.45, 7) is 8.49. The zero-order valence-electron chi connectivity index (χ0n) is 15.1. The summed E-state index contributed by atoms with van der Waals surface area (Å²) < 4.78 is 13.4. The van der Waals surface area contributed by atoms with E-state index in [2.05, 4.69) is 27.0 Å². The quantitative estimate of drug-likeness (QED) is 0.437. The fraction of sp³-hybridized carbons (Fsp3) is 0.444. The van der Waals surface area contributed by atoms with Crippen LogP contribution in [0.25, 0.3) is 5.57 Å². The molecule has 0 spiro atoms. The number of aryl methyl sites for hydroxylation is 1. The zero-order valence-corrected chi connectivity index (χ0v) is 15.1. The molecule has 0 aromatic heterocycles. The molecule has 0 fully saturated rings. The van der Waals surface area contributed by atoms with Crippen LogP contribution in [-0.2, 0) is 0 Å². The van der Waals surface area contributed by atoms with Crippen LogP contribution in [0.5, 0.6) is 0 Å². The maximum Gasteiger partial charge on any atom is 0.167 e. The number of nitrogens with one attached hydrogen (secondary N) is 2. The van der Waals surface area contributed by atoms with E-state index in [9.17, 15) is 4.39 Å². The molecule has 0 saturated carbocycles. The summed E-state index contributed by atoms with van der Waals surface area (Å²) in [6.07, 6.45) is 0.885. The van der Waals surface area contributed by atoms with Crippen molar-refractivity contribution in [2.75, 3.05) is 40.2 Å². The summed E-state index contributed by atoms with van der Waals surface area (Å²) in [5.41, 5.74) is 4.47. The van der Waals surface area contributed by atoms with Gasteiger partial charge in [0.1, 0.15) is 0 Å². The number of rotatable bonds is 8. The predicted molar refractivity (Wildman–Crippen MR) is 97.9 cm³/mol.